The van der Waals surface area contributed by atoms with Gasteiger partial charge in [-0.25, -0.2) is 15.0 Å². The number of rotatable bonds is 6. The first kappa shape index (κ1) is 19.9. The van der Waals surface area contributed by atoms with Gasteiger partial charge in [0.15, 0.2) is 0 Å². The van der Waals surface area contributed by atoms with Crippen molar-refractivity contribution in [3.63, 3.8) is 0 Å². The van der Waals surface area contributed by atoms with E-state index >= 15 is 0 Å². The van der Waals surface area contributed by atoms with Gasteiger partial charge in [0, 0.05) is 32.0 Å². The molecule has 0 unspecified atom stereocenters. The second kappa shape index (κ2) is 9.01. The minimum Gasteiger partial charge on any atom is -0.474 e. The Morgan fingerprint density at radius 2 is 1.74 bits per heavy atom. The second-order valence-electron chi connectivity index (χ2n) is 8.01. The third kappa shape index (κ3) is 4.69. The molecular weight excluding hydrogens is 394 g/mol. The van der Waals surface area contributed by atoms with E-state index in [4.69, 9.17) is 24.2 Å². The van der Waals surface area contributed by atoms with Gasteiger partial charge in [-0.15, -0.1) is 0 Å². The van der Waals surface area contributed by atoms with E-state index in [0.717, 1.165) is 74.4 Å². The van der Waals surface area contributed by atoms with Crippen LogP contribution in [0.4, 0.5) is 5.95 Å². The molecule has 8 heteroatoms. The fourth-order valence-corrected chi connectivity index (χ4v) is 3.97. The summed E-state index contributed by atoms with van der Waals surface area (Å²) in [5, 5.41) is 0. The average molecular weight is 422 g/mol. The molecule has 0 amide bonds. The van der Waals surface area contributed by atoms with E-state index in [1.54, 1.807) is 0 Å². The molecule has 162 valence electrons. The highest BCUT2D eigenvalue weighted by atomic mass is 16.5. The zero-order valence-electron chi connectivity index (χ0n) is 17.8. The van der Waals surface area contributed by atoms with Crippen LogP contribution >= 0.6 is 0 Å². The van der Waals surface area contributed by atoms with Crippen molar-refractivity contribution in [3.05, 3.63) is 41.7 Å². The summed E-state index contributed by atoms with van der Waals surface area (Å²) in [4.78, 5) is 20.9. The number of para-hydroxylation sites is 2. The van der Waals surface area contributed by atoms with Gasteiger partial charge in [0.05, 0.1) is 29.9 Å². The Kier molecular flexibility index (Phi) is 5.80. The Morgan fingerprint density at radius 1 is 1.00 bits per heavy atom. The van der Waals surface area contributed by atoms with Crippen LogP contribution in [-0.2, 0) is 11.3 Å². The van der Waals surface area contributed by atoms with Crippen LogP contribution in [0.3, 0.4) is 0 Å². The molecule has 0 radical (unpaired) electrons. The topological polar surface area (TPSA) is 82.5 Å². The lowest BCUT2D eigenvalue weighted by molar-refractivity contribution is 0.0236. The van der Waals surface area contributed by atoms with Gasteiger partial charge in [-0.2, -0.15) is 4.98 Å². The van der Waals surface area contributed by atoms with Crippen molar-refractivity contribution in [2.24, 2.45) is 0 Å². The van der Waals surface area contributed by atoms with Crippen molar-refractivity contribution in [2.45, 2.75) is 45.3 Å². The molecule has 3 aromatic rings. The van der Waals surface area contributed by atoms with Gasteiger partial charge in [-0.05, 0) is 31.9 Å². The highest BCUT2D eigenvalue weighted by Gasteiger charge is 2.20. The lowest BCUT2D eigenvalue weighted by Gasteiger charge is -2.24. The van der Waals surface area contributed by atoms with Gasteiger partial charge in [0.25, 0.3) is 0 Å². The molecule has 2 saturated heterocycles. The van der Waals surface area contributed by atoms with Crippen LogP contribution in [0.25, 0.3) is 11.0 Å². The lowest BCUT2D eigenvalue weighted by Crippen LogP contribution is -2.27. The van der Waals surface area contributed by atoms with Gasteiger partial charge in [-0.3, -0.25) is 0 Å². The highest BCUT2D eigenvalue weighted by Crippen LogP contribution is 2.24. The smallest absolute Gasteiger partial charge is 0.236 e. The first-order valence-electron chi connectivity index (χ1n) is 11.0. The van der Waals surface area contributed by atoms with E-state index in [2.05, 4.69) is 14.9 Å². The summed E-state index contributed by atoms with van der Waals surface area (Å²) in [5.41, 5.74) is 3.20. The maximum absolute atomic E-state index is 6.19. The predicted octanol–water partition coefficient (Wildman–Crippen LogP) is 3.47. The quantitative estimate of drug-likeness (QED) is 0.598. The molecule has 4 heterocycles. The third-order valence-electron chi connectivity index (χ3n) is 5.65. The van der Waals surface area contributed by atoms with E-state index in [-0.39, 0.29) is 12.7 Å². The van der Waals surface area contributed by atoms with Crippen molar-refractivity contribution in [1.29, 1.82) is 0 Å². The summed E-state index contributed by atoms with van der Waals surface area (Å²) in [6, 6.07) is 9.66. The molecule has 0 N–H and O–H groups in total. The van der Waals surface area contributed by atoms with Crippen LogP contribution in [-0.4, -0.2) is 52.3 Å². The molecule has 0 saturated carbocycles. The Hall–Kier alpha value is -3.00. The molecule has 2 fully saturated rings. The zero-order chi connectivity index (χ0) is 21.0. The average Bonchev–Trinajstić information content (AvgIpc) is 3.33. The molecule has 8 nitrogen and oxygen atoms in total. The number of hydrogen-bond donors (Lipinski definition) is 0. The van der Waals surface area contributed by atoms with Gasteiger partial charge < -0.3 is 19.1 Å². The number of anilines is 1. The minimum atomic E-state index is 0.123. The summed E-state index contributed by atoms with van der Waals surface area (Å²) < 4.78 is 17.7. The Bertz CT molecular complexity index is 1050. The molecule has 0 spiro atoms. The maximum Gasteiger partial charge on any atom is 0.236 e. The number of benzene rings is 1. The predicted molar refractivity (Wildman–Crippen MR) is 117 cm³/mol. The Labute approximate surface area is 181 Å². The van der Waals surface area contributed by atoms with Gasteiger partial charge in [0.2, 0.25) is 17.7 Å². The van der Waals surface area contributed by atoms with Crippen LogP contribution in [0.2, 0.25) is 0 Å². The third-order valence-corrected chi connectivity index (χ3v) is 5.65. The number of nitrogens with zero attached hydrogens (tertiary/aromatic N) is 5. The summed E-state index contributed by atoms with van der Waals surface area (Å²) in [5.74, 6) is 1.83. The van der Waals surface area contributed by atoms with Crippen LogP contribution in [0.1, 0.15) is 37.1 Å². The monoisotopic (exact) mass is 421 g/mol. The molecule has 0 bridgehead atoms. The molecule has 2 aliphatic heterocycles. The van der Waals surface area contributed by atoms with E-state index < -0.39 is 0 Å². The number of aryl methyl sites for hydroxylation is 1. The van der Waals surface area contributed by atoms with Crippen molar-refractivity contribution < 1.29 is 14.2 Å². The summed E-state index contributed by atoms with van der Waals surface area (Å²) >= 11 is 0. The van der Waals surface area contributed by atoms with E-state index in [1.165, 1.54) is 0 Å². The molecule has 5 rings (SSSR count). The normalized spacial score (nSPS) is 17.3. The molecule has 2 aliphatic rings. The SMILES string of the molecule is Cc1nc2ccccc2nc1OCc1cc(OC2CCOCC2)nc(N2CCCC2)n1. The largest absolute Gasteiger partial charge is 0.474 e. The molecule has 1 aromatic carbocycles. The Morgan fingerprint density at radius 3 is 2.52 bits per heavy atom. The molecule has 2 aromatic heterocycles. The fourth-order valence-electron chi connectivity index (χ4n) is 3.97. The molecular formula is C23H27N5O3. The van der Waals surface area contributed by atoms with Crippen LogP contribution in [0.5, 0.6) is 11.8 Å². The van der Waals surface area contributed by atoms with Gasteiger partial charge in [0.1, 0.15) is 18.4 Å². The number of aromatic nitrogens is 4. The standard InChI is InChI=1S/C23H27N5O3/c1-16-22(26-20-7-3-2-6-19(20)24-16)30-15-17-14-21(31-18-8-12-29-13-9-18)27-23(25-17)28-10-4-5-11-28/h2-3,6-7,14,18H,4-5,8-13,15H2,1H3. The first-order chi connectivity index (χ1) is 15.2. The number of hydrogen-bond acceptors (Lipinski definition) is 8. The van der Waals surface area contributed by atoms with Crippen molar-refractivity contribution in [3.8, 4) is 11.8 Å². The fraction of sp³-hybridized carbons (Fsp3) is 0.478. The zero-order valence-corrected chi connectivity index (χ0v) is 17.8. The minimum absolute atomic E-state index is 0.123. The number of fused-ring (bicyclic) bond motifs is 1. The van der Waals surface area contributed by atoms with Crippen molar-refractivity contribution in [2.75, 3.05) is 31.2 Å². The Balaban J connectivity index is 1.37. The summed E-state index contributed by atoms with van der Waals surface area (Å²) in [7, 11) is 0. The van der Waals surface area contributed by atoms with E-state index in [0.29, 0.717) is 17.7 Å². The maximum atomic E-state index is 6.19. The van der Waals surface area contributed by atoms with Crippen LogP contribution in [0, 0.1) is 6.92 Å². The number of ether oxygens (including phenoxy) is 3. The second-order valence-corrected chi connectivity index (χ2v) is 8.01. The van der Waals surface area contributed by atoms with Crippen LogP contribution in [0.15, 0.2) is 30.3 Å². The van der Waals surface area contributed by atoms with E-state index in [1.807, 2.05) is 37.3 Å². The van der Waals surface area contributed by atoms with Crippen LogP contribution < -0.4 is 14.4 Å². The molecule has 0 aliphatic carbocycles. The summed E-state index contributed by atoms with van der Waals surface area (Å²) in [6.07, 6.45) is 4.19. The lowest BCUT2D eigenvalue weighted by atomic mass is 10.1. The first-order valence-corrected chi connectivity index (χ1v) is 11.0. The highest BCUT2D eigenvalue weighted by molar-refractivity contribution is 5.74. The van der Waals surface area contributed by atoms with Crippen molar-refractivity contribution >= 4 is 17.0 Å². The van der Waals surface area contributed by atoms with E-state index in [9.17, 15) is 0 Å². The van der Waals surface area contributed by atoms with Gasteiger partial charge in [-0.1, -0.05) is 12.1 Å². The van der Waals surface area contributed by atoms with Crippen molar-refractivity contribution in [1.82, 2.24) is 19.9 Å². The molecule has 31 heavy (non-hydrogen) atoms. The van der Waals surface area contributed by atoms with Gasteiger partial charge >= 0.3 is 0 Å². The summed E-state index contributed by atoms with van der Waals surface area (Å²) in [6.45, 7) is 5.58. The molecule has 0 atom stereocenters.